The largest absolute Gasteiger partial charge is 0.355 e. The zero-order chi connectivity index (χ0) is 17.1. The van der Waals surface area contributed by atoms with Crippen molar-refractivity contribution in [2.24, 2.45) is 0 Å². The first kappa shape index (κ1) is 15.3. The van der Waals surface area contributed by atoms with Crippen LogP contribution in [-0.2, 0) is 6.54 Å². The highest BCUT2D eigenvalue weighted by molar-refractivity contribution is 7.13. The molecule has 0 fully saturated rings. The number of hydrogen-bond donors (Lipinski definition) is 1. The van der Waals surface area contributed by atoms with Crippen molar-refractivity contribution in [2.45, 2.75) is 6.54 Å². The third-order valence-electron chi connectivity index (χ3n) is 3.62. The van der Waals surface area contributed by atoms with Crippen LogP contribution >= 0.6 is 11.3 Å². The van der Waals surface area contributed by atoms with Crippen LogP contribution in [0.2, 0.25) is 0 Å². The molecule has 7 heteroatoms. The molecule has 1 aromatic carbocycles. The molecule has 0 saturated carbocycles. The van der Waals surface area contributed by atoms with Crippen LogP contribution in [-0.4, -0.2) is 20.6 Å². The Bertz CT molecular complexity index is 974. The van der Waals surface area contributed by atoms with Crippen molar-refractivity contribution in [3.05, 3.63) is 77.8 Å². The quantitative estimate of drug-likeness (QED) is 0.592. The number of thiophene rings is 1. The summed E-state index contributed by atoms with van der Waals surface area (Å²) in [5, 5.41) is 8.66. The number of anilines is 1. The predicted molar refractivity (Wildman–Crippen MR) is 95.5 cm³/mol. The van der Waals surface area contributed by atoms with Gasteiger partial charge in [0.15, 0.2) is 11.5 Å². The van der Waals surface area contributed by atoms with E-state index in [4.69, 9.17) is 4.52 Å². The maximum atomic E-state index is 12.4. The van der Waals surface area contributed by atoms with Gasteiger partial charge in [-0.25, -0.2) is 4.98 Å². The summed E-state index contributed by atoms with van der Waals surface area (Å²) in [5.74, 6) is 0.292. The first-order chi connectivity index (χ1) is 12.3. The summed E-state index contributed by atoms with van der Waals surface area (Å²) in [6.45, 7) is 0.691. The van der Waals surface area contributed by atoms with Gasteiger partial charge in [0.2, 0.25) is 0 Å². The lowest BCUT2D eigenvalue weighted by Crippen LogP contribution is -2.12. The van der Waals surface area contributed by atoms with Gasteiger partial charge in [0, 0.05) is 30.7 Å². The average Bonchev–Trinajstić information content (AvgIpc) is 3.37. The van der Waals surface area contributed by atoms with Gasteiger partial charge in [0.05, 0.1) is 11.2 Å². The minimum atomic E-state index is -0.300. The summed E-state index contributed by atoms with van der Waals surface area (Å²) in [5.41, 5.74) is 2.03. The number of imidazole rings is 1. The Morgan fingerprint density at radius 2 is 2.20 bits per heavy atom. The number of aromatic nitrogens is 3. The number of nitrogens with one attached hydrogen (secondary N) is 1. The molecular weight excluding hydrogens is 336 g/mol. The number of carbonyl (C=O) groups excluding carboxylic acids is 1. The average molecular weight is 350 g/mol. The summed E-state index contributed by atoms with van der Waals surface area (Å²) in [6, 6.07) is 13.2. The number of nitrogens with zero attached hydrogens (tertiary/aromatic N) is 3. The van der Waals surface area contributed by atoms with Crippen molar-refractivity contribution < 1.29 is 9.32 Å². The Balaban J connectivity index is 1.47. The monoisotopic (exact) mass is 350 g/mol. The fraction of sp³-hybridized carbons (Fsp3) is 0.0556. The van der Waals surface area contributed by atoms with Crippen molar-refractivity contribution in [1.29, 1.82) is 0 Å². The third kappa shape index (κ3) is 3.51. The molecule has 0 spiro atoms. The normalized spacial score (nSPS) is 10.7. The van der Waals surface area contributed by atoms with Crippen LogP contribution in [0, 0.1) is 0 Å². The number of carbonyl (C=O) groups is 1. The second-order valence-electron chi connectivity index (χ2n) is 5.44. The van der Waals surface area contributed by atoms with Crippen LogP contribution in [0.4, 0.5) is 5.69 Å². The van der Waals surface area contributed by atoms with Gasteiger partial charge in [-0.3, -0.25) is 4.79 Å². The van der Waals surface area contributed by atoms with Gasteiger partial charge in [-0.2, -0.15) is 0 Å². The number of rotatable bonds is 5. The molecule has 124 valence electrons. The first-order valence-electron chi connectivity index (χ1n) is 7.64. The van der Waals surface area contributed by atoms with Crippen molar-refractivity contribution in [3.63, 3.8) is 0 Å². The lowest BCUT2D eigenvalue weighted by Gasteiger charge is -2.07. The van der Waals surface area contributed by atoms with Gasteiger partial charge < -0.3 is 14.4 Å². The highest BCUT2D eigenvalue weighted by Gasteiger charge is 2.14. The van der Waals surface area contributed by atoms with Gasteiger partial charge in [-0.1, -0.05) is 23.4 Å². The van der Waals surface area contributed by atoms with Crippen LogP contribution in [0.15, 0.2) is 71.1 Å². The van der Waals surface area contributed by atoms with Crippen LogP contribution in [0.1, 0.15) is 16.1 Å². The molecule has 0 atom stereocenters. The molecular formula is C18H14N4O2S. The van der Waals surface area contributed by atoms with E-state index in [1.807, 2.05) is 52.5 Å². The Labute approximate surface area is 147 Å². The molecule has 0 aliphatic heterocycles. The van der Waals surface area contributed by atoms with Crippen LogP contribution in [0.5, 0.6) is 0 Å². The second kappa shape index (κ2) is 6.74. The molecule has 0 saturated heterocycles. The minimum Gasteiger partial charge on any atom is -0.355 e. The van der Waals surface area contributed by atoms with Gasteiger partial charge in [0.1, 0.15) is 0 Å². The van der Waals surface area contributed by atoms with E-state index in [1.54, 1.807) is 18.6 Å². The van der Waals surface area contributed by atoms with Crippen molar-refractivity contribution in [1.82, 2.24) is 14.7 Å². The second-order valence-corrected chi connectivity index (χ2v) is 6.39. The van der Waals surface area contributed by atoms with Gasteiger partial charge in [0.25, 0.3) is 5.91 Å². The molecule has 4 rings (SSSR count). The van der Waals surface area contributed by atoms with Crippen molar-refractivity contribution in [2.75, 3.05) is 5.32 Å². The molecule has 0 bridgehead atoms. The highest BCUT2D eigenvalue weighted by Crippen LogP contribution is 2.25. The van der Waals surface area contributed by atoms with E-state index >= 15 is 0 Å². The van der Waals surface area contributed by atoms with E-state index < -0.39 is 0 Å². The van der Waals surface area contributed by atoms with Crippen LogP contribution in [0.25, 0.3) is 10.6 Å². The molecule has 0 aliphatic carbocycles. The predicted octanol–water partition coefficient (Wildman–Crippen LogP) is 3.90. The SMILES string of the molecule is O=C(Nc1cccc(Cn2ccnc2)c1)c1cc(-c2cccs2)on1. The molecule has 0 aliphatic rings. The lowest BCUT2D eigenvalue weighted by molar-refractivity contribution is 0.101. The van der Waals surface area contributed by atoms with Crippen LogP contribution < -0.4 is 5.32 Å². The summed E-state index contributed by atoms with van der Waals surface area (Å²) >= 11 is 1.54. The molecule has 6 nitrogen and oxygen atoms in total. The Kier molecular flexibility index (Phi) is 4.14. The van der Waals surface area contributed by atoms with E-state index in [0.717, 1.165) is 10.4 Å². The zero-order valence-electron chi connectivity index (χ0n) is 13.1. The van der Waals surface area contributed by atoms with E-state index in [0.29, 0.717) is 18.0 Å². The topological polar surface area (TPSA) is 73.0 Å². The van der Waals surface area contributed by atoms with E-state index in [1.165, 1.54) is 11.3 Å². The summed E-state index contributed by atoms with van der Waals surface area (Å²) in [7, 11) is 0. The molecule has 3 aromatic heterocycles. The van der Waals surface area contributed by atoms with Crippen LogP contribution in [0.3, 0.4) is 0 Å². The number of benzene rings is 1. The minimum absolute atomic E-state index is 0.253. The maximum Gasteiger partial charge on any atom is 0.277 e. The summed E-state index contributed by atoms with van der Waals surface area (Å²) in [6.07, 6.45) is 5.39. The van der Waals surface area contributed by atoms with Gasteiger partial charge in [-0.15, -0.1) is 11.3 Å². The molecule has 25 heavy (non-hydrogen) atoms. The Morgan fingerprint density at radius 3 is 3.00 bits per heavy atom. The van der Waals surface area contributed by atoms with E-state index in [-0.39, 0.29) is 11.6 Å². The smallest absolute Gasteiger partial charge is 0.277 e. The van der Waals surface area contributed by atoms with E-state index in [2.05, 4.69) is 15.5 Å². The Morgan fingerprint density at radius 1 is 1.24 bits per heavy atom. The van der Waals surface area contributed by atoms with Gasteiger partial charge in [-0.05, 0) is 29.1 Å². The molecule has 3 heterocycles. The molecule has 0 radical (unpaired) electrons. The Hall–Kier alpha value is -3.19. The fourth-order valence-corrected chi connectivity index (χ4v) is 3.12. The zero-order valence-corrected chi connectivity index (χ0v) is 13.9. The van der Waals surface area contributed by atoms with E-state index in [9.17, 15) is 4.79 Å². The van der Waals surface area contributed by atoms with Gasteiger partial charge >= 0.3 is 0 Å². The molecule has 4 aromatic rings. The molecule has 1 amide bonds. The lowest BCUT2D eigenvalue weighted by atomic mass is 10.2. The highest BCUT2D eigenvalue weighted by atomic mass is 32.1. The first-order valence-corrected chi connectivity index (χ1v) is 8.52. The fourth-order valence-electron chi connectivity index (χ4n) is 2.45. The molecule has 0 unspecified atom stereocenters. The third-order valence-corrected chi connectivity index (χ3v) is 4.50. The number of hydrogen-bond acceptors (Lipinski definition) is 5. The standard InChI is InChI=1S/C18H14N4O2S/c23-18(15-10-16(24-21-15)17-5-2-8-25-17)20-14-4-1-3-13(9-14)11-22-7-6-19-12-22/h1-10,12H,11H2,(H,20,23). The van der Waals surface area contributed by atoms with Crippen molar-refractivity contribution >= 4 is 22.9 Å². The summed E-state index contributed by atoms with van der Waals surface area (Å²) < 4.78 is 7.22. The maximum absolute atomic E-state index is 12.4. The molecule has 1 N–H and O–H groups in total. The summed E-state index contributed by atoms with van der Waals surface area (Å²) in [4.78, 5) is 17.3. The van der Waals surface area contributed by atoms with Crippen molar-refractivity contribution in [3.8, 4) is 10.6 Å². The number of amides is 1.